The molecule has 0 aromatic carbocycles. The molecule has 1 fully saturated rings. The summed E-state index contributed by atoms with van der Waals surface area (Å²) in [5.41, 5.74) is 1.00. The molecule has 1 aliphatic heterocycles. The number of hydrogen-bond acceptors (Lipinski definition) is 4. The topological polar surface area (TPSA) is 48.4 Å². The van der Waals surface area contributed by atoms with Crippen LogP contribution in [0.2, 0.25) is 0 Å². The molecular formula is C13H18BNO3. The van der Waals surface area contributed by atoms with Crippen molar-refractivity contribution in [2.24, 2.45) is 0 Å². The maximum atomic E-state index is 10.5. The van der Waals surface area contributed by atoms with Gasteiger partial charge >= 0.3 is 7.12 Å². The highest BCUT2D eigenvalue weighted by Crippen LogP contribution is 2.36. The Labute approximate surface area is 108 Å². The SMILES string of the molecule is CC1(C)OB(c2cncc(CC=O)c2)OC1(C)C. The first-order chi connectivity index (χ1) is 8.36. The van der Waals surface area contributed by atoms with E-state index >= 15 is 0 Å². The molecule has 1 saturated heterocycles. The van der Waals surface area contributed by atoms with Gasteiger partial charge in [0.1, 0.15) is 6.29 Å². The van der Waals surface area contributed by atoms with Gasteiger partial charge in [-0.1, -0.05) is 6.07 Å². The average Bonchev–Trinajstić information content (AvgIpc) is 2.49. The van der Waals surface area contributed by atoms with Crippen molar-refractivity contribution in [3.8, 4) is 0 Å². The normalized spacial score (nSPS) is 21.0. The fourth-order valence-electron chi connectivity index (χ4n) is 1.82. The smallest absolute Gasteiger partial charge is 0.399 e. The molecule has 18 heavy (non-hydrogen) atoms. The van der Waals surface area contributed by atoms with E-state index in [9.17, 15) is 4.79 Å². The summed E-state index contributed by atoms with van der Waals surface area (Å²) in [4.78, 5) is 14.6. The summed E-state index contributed by atoms with van der Waals surface area (Å²) in [5, 5.41) is 0. The van der Waals surface area contributed by atoms with E-state index in [0.29, 0.717) is 6.42 Å². The van der Waals surface area contributed by atoms with Crippen molar-refractivity contribution in [1.82, 2.24) is 4.98 Å². The van der Waals surface area contributed by atoms with Crippen LogP contribution < -0.4 is 5.46 Å². The molecule has 0 aliphatic carbocycles. The molecule has 0 atom stereocenters. The summed E-state index contributed by atoms with van der Waals surface area (Å²) < 4.78 is 11.9. The maximum absolute atomic E-state index is 10.5. The third-order valence-corrected chi connectivity index (χ3v) is 3.66. The minimum Gasteiger partial charge on any atom is -0.399 e. The molecule has 0 spiro atoms. The number of pyridine rings is 1. The third kappa shape index (κ3) is 2.33. The fraction of sp³-hybridized carbons (Fsp3) is 0.538. The van der Waals surface area contributed by atoms with Crippen LogP contribution in [0.25, 0.3) is 0 Å². The molecule has 96 valence electrons. The van der Waals surface area contributed by atoms with Gasteiger partial charge in [0.15, 0.2) is 0 Å². The van der Waals surface area contributed by atoms with E-state index in [0.717, 1.165) is 17.3 Å². The van der Waals surface area contributed by atoms with Crippen LogP contribution in [0.15, 0.2) is 18.5 Å². The van der Waals surface area contributed by atoms with Crippen LogP contribution in [0.3, 0.4) is 0 Å². The molecule has 1 aliphatic rings. The van der Waals surface area contributed by atoms with E-state index < -0.39 is 7.12 Å². The first-order valence-electron chi connectivity index (χ1n) is 6.09. The quantitative estimate of drug-likeness (QED) is 0.593. The molecule has 5 heteroatoms. The maximum Gasteiger partial charge on any atom is 0.496 e. The van der Waals surface area contributed by atoms with Gasteiger partial charge in [0.2, 0.25) is 0 Å². The average molecular weight is 247 g/mol. The van der Waals surface area contributed by atoms with Gasteiger partial charge in [0.25, 0.3) is 0 Å². The molecule has 2 heterocycles. The third-order valence-electron chi connectivity index (χ3n) is 3.66. The van der Waals surface area contributed by atoms with Crippen molar-refractivity contribution in [3.05, 3.63) is 24.0 Å². The Kier molecular flexibility index (Phi) is 3.30. The summed E-state index contributed by atoms with van der Waals surface area (Å²) in [6.07, 6.45) is 4.63. The molecule has 0 N–H and O–H groups in total. The second kappa shape index (κ2) is 4.48. The zero-order chi connectivity index (χ0) is 13.4. The molecule has 0 amide bonds. The lowest BCUT2D eigenvalue weighted by Crippen LogP contribution is -2.41. The highest BCUT2D eigenvalue weighted by molar-refractivity contribution is 6.62. The number of rotatable bonds is 3. The van der Waals surface area contributed by atoms with E-state index in [2.05, 4.69) is 4.98 Å². The van der Waals surface area contributed by atoms with Gasteiger partial charge in [-0.3, -0.25) is 4.98 Å². The summed E-state index contributed by atoms with van der Waals surface area (Å²) in [6.45, 7) is 8.04. The van der Waals surface area contributed by atoms with Gasteiger partial charge in [-0.05, 0) is 33.3 Å². The summed E-state index contributed by atoms with van der Waals surface area (Å²) in [5.74, 6) is 0. The lowest BCUT2D eigenvalue weighted by atomic mass is 9.79. The van der Waals surface area contributed by atoms with Gasteiger partial charge in [-0.25, -0.2) is 0 Å². The Morgan fingerprint density at radius 1 is 1.22 bits per heavy atom. The number of aromatic nitrogens is 1. The lowest BCUT2D eigenvalue weighted by Gasteiger charge is -2.32. The van der Waals surface area contributed by atoms with Crippen molar-refractivity contribution < 1.29 is 14.1 Å². The van der Waals surface area contributed by atoms with E-state index in [1.807, 2.05) is 33.8 Å². The Morgan fingerprint density at radius 2 is 1.83 bits per heavy atom. The highest BCUT2D eigenvalue weighted by Gasteiger charge is 2.51. The van der Waals surface area contributed by atoms with Crippen LogP contribution in [0, 0.1) is 0 Å². The monoisotopic (exact) mass is 247 g/mol. The van der Waals surface area contributed by atoms with Crippen molar-refractivity contribution in [1.29, 1.82) is 0 Å². The van der Waals surface area contributed by atoms with Gasteiger partial charge in [0, 0.05) is 24.3 Å². The molecule has 0 saturated carbocycles. The number of carbonyl (C=O) groups is 1. The number of nitrogens with zero attached hydrogens (tertiary/aromatic N) is 1. The van der Waals surface area contributed by atoms with E-state index in [1.165, 1.54) is 0 Å². The minimum absolute atomic E-state index is 0.361. The summed E-state index contributed by atoms with van der Waals surface area (Å²) in [7, 11) is -0.422. The van der Waals surface area contributed by atoms with Gasteiger partial charge in [-0.2, -0.15) is 0 Å². The molecule has 2 rings (SSSR count). The van der Waals surface area contributed by atoms with Crippen molar-refractivity contribution in [3.63, 3.8) is 0 Å². The van der Waals surface area contributed by atoms with Gasteiger partial charge < -0.3 is 14.1 Å². The fourth-order valence-corrected chi connectivity index (χ4v) is 1.82. The molecule has 1 aromatic heterocycles. The first-order valence-corrected chi connectivity index (χ1v) is 6.09. The number of hydrogen-bond donors (Lipinski definition) is 0. The van der Waals surface area contributed by atoms with Gasteiger partial charge in [0.05, 0.1) is 11.2 Å². The summed E-state index contributed by atoms with van der Waals surface area (Å²) >= 11 is 0. The van der Waals surface area contributed by atoms with Crippen LogP contribution in [0.4, 0.5) is 0 Å². The molecule has 4 nitrogen and oxygen atoms in total. The lowest BCUT2D eigenvalue weighted by molar-refractivity contribution is -0.107. The zero-order valence-corrected chi connectivity index (χ0v) is 11.3. The van der Waals surface area contributed by atoms with E-state index in [4.69, 9.17) is 9.31 Å². The van der Waals surface area contributed by atoms with Crippen molar-refractivity contribution >= 4 is 18.9 Å². The first kappa shape index (κ1) is 13.2. The largest absolute Gasteiger partial charge is 0.496 e. The molecule has 0 unspecified atom stereocenters. The molecule has 0 bridgehead atoms. The number of carbonyl (C=O) groups excluding carboxylic acids is 1. The predicted octanol–water partition coefficient (Wildman–Crippen LogP) is 1.12. The standard InChI is InChI=1S/C13H18BNO3/c1-12(2)13(3,4)18-14(17-12)11-7-10(5-6-16)8-15-9-11/h6-9H,5H2,1-4H3. The Balaban J connectivity index is 2.24. The predicted molar refractivity (Wildman–Crippen MR) is 69.7 cm³/mol. The van der Waals surface area contributed by atoms with Crippen molar-refractivity contribution in [2.45, 2.75) is 45.3 Å². The molecule has 1 aromatic rings. The van der Waals surface area contributed by atoms with Crippen LogP contribution in [0.1, 0.15) is 33.3 Å². The van der Waals surface area contributed by atoms with Gasteiger partial charge in [-0.15, -0.1) is 0 Å². The van der Waals surface area contributed by atoms with Crippen LogP contribution in [-0.4, -0.2) is 29.6 Å². The second-order valence-corrected chi connectivity index (χ2v) is 5.59. The second-order valence-electron chi connectivity index (χ2n) is 5.59. The molecule has 0 radical (unpaired) electrons. The van der Waals surface area contributed by atoms with E-state index in [-0.39, 0.29) is 11.2 Å². The Hall–Kier alpha value is -1.20. The van der Waals surface area contributed by atoms with Crippen LogP contribution >= 0.6 is 0 Å². The van der Waals surface area contributed by atoms with Crippen LogP contribution in [-0.2, 0) is 20.5 Å². The number of aldehydes is 1. The summed E-state index contributed by atoms with van der Waals surface area (Å²) in [6, 6.07) is 1.91. The van der Waals surface area contributed by atoms with Crippen LogP contribution in [0.5, 0.6) is 0 Å². The molecular weight excluding hydrogens is 229 g/mol. The van der Waals surface area contributed by atoms with E-state index in [1.54, 1.807) is 12.4 Å². The Bertz CT molecular complexity index is 443. The zero-order valence-electron chi connectivity index (χ0n) is 11.3. The highest BCUT2D eigenvalue weighted by atomic mass is 16.7. The minimum atomic E-state index is -0.422. The van der Waals surface area contributed by atoms with Crippen molar-refractivity contribution in [2.75, 3.05) is 0 Å². The Morgan fingerprint density at radius 3 is 2.39 bits per heavy atom.